The van der Waals surface area contributed by atoms with E-state index in [2.05, 4.69) is 60.7 Å². The van der Waals surface area contributed by atoms with E-state index in [1.807, 2.05) is 42.1 Å². The Morgan fingerprint density at radius 3 is 2.12 bits per heavy atom. The molecule has 0 aliphatic carbocycles. The number of alkyl carbamates (subject to hydrolysis) is 1. The third-order valence-corrected chi connectivity index (χ3v) is 5.47. The Hall–Kier alpha value is -1.16. The van der Waals surface area contributed by atoms with E-state index in [0.717, 1.165) is 12.0 Å². The lowest BCUT2D eigenvalue weighted by Gasteiger charge is -2.40. The highest BCUT2D eigenvalue weighted by molar-refractivity contribution is 8.01. The zero-order valence-electron chi connectivity index (χ0n) is 17.8. The van der Waals surface area contributed by atoms with E-state index in [1.54, 1.807) is 0 Å². The van der Waals surface area contributed by atoms with Crippen LogP contribution < -0.4 is 5.32 Å². The van der Waals surface area contributed by atoms with Crippen LogP contribution in [0.4, 0.5) is 4.79 Å². The van der Waals surface area contributed by atoms with Crippen LogP contribution in [0.25, 0.3) is 0 Å². The van der Waals surface area contributed by atoms with Gasteiger partial charge in [0.1, 0.15) is 6.61 Å². The van der Waals surface area contributed by atoms with Gasteiger partial charge in [-0.05, 0) is 23.3 Å². The van der Waals surface area contributed by atoms with Gasteiger partial charge < -0.3 is 10.1 Å². The highest BCUT2D eigenvalue weighted by atomic mass is 32.2. The van der Waals surface area contributed by atoms with Crippen molar-refractivity contribution in [2.75, 3.05) is 0 Å². The molecule has 0 saturated carbocycles. The molecule has 0 spiro atoms. The molecule has 0 bridgehead atoms. The molecule has 1 aromatic rings. The molecule has 0 saturated heterocycles. The molecular weight excluding hydrogens is 342 g/mol. The number of amides is 1. The van der Waals surface area contributed by atoms with Gasteiger partial charge in [-0.25, -0.2) is 4.79 Å². The first-order valence-corrected chi connectivity index (χ1v) is 10.4. The maximum atomic E-state index is 12.5. The third kappa shape index (κ3) is 8.98. The van der Waals surface area contributed by atoms with E-state index < -0.39 is 0 Å². The molecule has 148 valence electrons. The molecule has 1 N–H and O–H groups in total. The Morgan fingerprint density at radius 1 is 1.08 bits per heavy atom. The van der Waals surface area contributed by atoms with Crippen LogP contribution in [-0.4, -0.2) is 22.1 Å². The predicted molar refractivity (Wildman–Crippen MR) is 114 cm³/mol. The Labute approximate surface area is 164 Å². The summed E-state index contributed by atoms with van der Waals surface area (Å²) in [4.78, 5) is 12.5. The molecule has 26 heavy (non-hydrogen) atoms. The molecule has 1 amide bonds. The Balaban J connectivity index is 2.84. The summed E-state index contributed by atoms with van der Waals surface area (Å²) < 4.78 is 5.62. The van der Waals surface area contributed by atoms with Gasteiger partial charge in [0.25, 0.3) is 0 Å². The zero-order valence-corrected chi connectivity index (χ0v) is 18.6. The highest BCUT2D eigenvalue weighted by Gasteiger charge is 2.36. The van der Waals surface area contributed by atoms with Gasteiger partial charge in [0.05, 0.1) is 0 Å². The maximum absolute atomic E-state index is 12.5. The van der Waals surface area contributed by atoms with Crippen molar-refractivity contribution in [3.05, 3.63) is 35.9 Å². The first-order valence-electron chi connectivity index (χ1n) is 9.53. The van der Waals surface area contributed by atoms with Crippen molar-refractivity contribution in [1.82, 2.24) is 5.32 Å². The van der Waals surface area contributed by atoms with Gasteiger partial charge in [0.15, 0.2) is 0 Å². The molecule has 0 heterocycles. The summed E-state index contributed by atoms with van der Waals surface area (Å²) in [6.07, 6.45) is 0.722. The normalized spacial score (nSPS) is 14.8. The fourth-order valence-electron chi connectivity index (χ4n) is 2.93. The zero-order chi connectivity index (χ0) is 20.0. The molecule has 0 aromatic heterocycles. The monoisotopic (exact) mass is 379 g/mol. The van der Waals surface area contributed by atoms with Gasteiger partial charge in [0.2, 0.25) is 0 Å². The van der Waals surface area contributed by atoms with Crippen LogP contribution in [-0.2, 0) is 11.3 Å². The van der Waals surface area contributed by atoms with Crippen molar-refractivity contribution in [1.29, 1.82) is 0 Å². The topological polar surface area (TPSA) is 38.3 Å². The van der Waals surface area contributed by atoms with Crippen molar-refractivity contribution in [2.24, 2.45) is 11.3 Å². The number of nitrogens with one attached hydrogen (secondary N) is 1. The van der Waals surface area contributed by atoms with Crippen molar-refractivity contribution >= 4 is 17.9 Å². The van der Waals surface area contributed by atoms with Gasteiger partial charge in [-0.15, -0.1) is 0 Å². The Kier molecular flexibility index (Phi) is 8.52. The molecule has 1 aromatic carbocycles. The smallest absolute Gasteiger partial charge is 0.407 e. The maximum Gasteiger partial charge on any atom is 0.407 e. The molecule has 0 fully saturated rings. The van der Waals surface area contributed by atoms with Crippen molar-refractivity contribution in [2.45, 2.75) is 84.5 Å². The standard InChI is InChI=1S/C22H37NO2S/c1-16(2)14-18(26-22(6,7)8)19(21(3,4)5)23-20(24)25-15-17-12-10-9-11-13-17/h9-13,16,18-19H,14-15H2,1-8H3,(H,23,24)/t18-,19-/m0/s1. The molecule has 0 aliphatic rings. The van der Waals surface area contributed by atoms with Crippen molar-refractivity contribution in [3.8, 4) is 0 Å². The Bertz CT molecular complexity index is 544. The van der Waals surface area contributed by atoms with Crippen LogP contribution in [0.1, 0.15) is 67.4 Å². The second kappa shape index (κ2) is 9.68. The lowest BCUT2D eigenvalue weighted by atomic mass is 9.82. The number of benzene rings is 1. The minimum atomic E-state index is -0.336. The van der Waals surface area contributed by atoms with E-state index >= 15 is 0 Å². The summed E-state index contributed by atoms with van der Waals surface area (Å²) in [5.41, 5.74) is 0.946. The summed E-state index contributed by atoms with van der Waals surface area (Å²) in [5.74, 6) is 0.571. The lowest BCUT2D eigenvalue weighted by Crippen LogP contribution is -2.51. The summed E-state index contributed by atoms with van der Waals surface area (Å²) in [7, 11) is 0. The van der Waals surface area contributed by atoms with Gasteiger partial charge in [-0.3, -0.25) is 0 Å². The SMILES string of the molecule is CC(C)C[C@H](SC(C)(C)C)[C@H](NC(=O)OCc1ccccc1)C(C)(C)C. The van der Waals surface area contributed by atoms with E-state index in [1.165, 1.54) is 0 Å². The largest absolute Gasteiger partial charge is 0.445 e. The van der Waals surface area contributed by atoms with Crippen LogP contribution in [0.5, 0.6) is 0 Å². The first-order chi connectivity index (χ1) is 11.9. The average molecular weight is 380 g/mol. The van der Waals surface area contributed by atoms with Gasteiger partial charge in [0, 0.05) is 16.0 Å². The van der Waals surface area contributed by atoms with E-state index in [4.69, 9.17) is 4.74 Å². The van der Waals surface area contributed by atoms with Crippen molar-refractivity contribution in [3.63, 3.8) is 0 Å². The minimum Gasteiger partial charge on any atom is -0.445 e. The first kappa shape index (κ1) is 22.9. The number of carbonyl (C=O) groups is 1. The quantitative estimate of drug-likeness (QED) is 0.606. The fourth-order valence-corrected chi connectivity index (χ4v) is 4.93. The summed E-state index contributed by atoms with van der Waals surface area (Å²) in [5, 5.41) is 3.51. The summed E-state index contributed by atoms with van der Waals surface area (Å²) in [6, 6.07) is 9.83. The minimum absolute atomic E-state index is 0.0393. The van der Waals surface area contributed by atoms with Crippen molar-refractivity contribution < 1.29 is 9.53 Å². The molecule has 2 atom stereocenters. The van der Waals surface area contributed by atoms with Gasteiger partial charge in [-0.2, -0.15) is 11.8 Å². The van der Waals surface area contributed by atoms with Gasteiger partial charge >= 0.3 is 6.09 Å². The van der Waals surface area contributed by atoms with Crippen LogP contribution in [0.15, 0.2) is 30.3 Å². The lowest BCUT2D eigenvalue weighted by molar-refractivity contribution is 0.124. The number of thioether (sulfide) groups is 1. The summed E-state index contributed by atoms with van der Waals surface area (Å²) in [6.45, 7) is 18.0. The van der Waals surface area contributed by atoms with Crippen LogP contribution >= 0.6 is 11.8 Å². The van der Waals surface area contributed by atoms with E-state index in [9.17, 15) is 4.79 Å². The predicted octanol–water partition coefficient (Wildman–Crippen LogP) is 6.27. The second-order valence-electron chi connectivity index (χ2n) is 9.45. The molecular formula is C22H37NO2S. The number of hydrogen-bond acceptors (Lipinski definition) is 3. The molecule has 4 heteroatoms. The Morgan fingerprint density at radius 2 is 1.65 bits per heavy atom. The van der Waals surface area contributed by atoms with E-state index in [0.29, 0.717) is 17.8 Å². The molecule has 1 rings (SSSR count). The molecule has 3 nitrogen and oxygen atoms in total. The third-order valence-electron chi connectivity index (χ3n) is 4.00. The number of ether oxygens (including phenoxy) is 1. The number of rotatable bonds is 7. The highest BCUT2D eigenvalue weighted by Crippen LogP contribution is 2.38. The van der Waals surface area contributed by atoms with Gasteiger partial charge in [-0.1, -0.05) is 85.7 Å². The molecule has 0 aliphatic heterocycles. The van der Waals surface area contributed by atoms with Crippen LogP contribution in [0.2, 0.25) is 0 Å². The fraction of sp³-hybridized carbons (Fsp3) is 0.682. The second-order valence-corrected chi connectivity index (χ2v) is 11.5. The number of carbonyl (C=O) groups excluding carboxylic acids is 1. The number of hydrogen-bond donors (Lipinski definition) is 1. The van der Waals surface area contributed by atoms with E-state index in [-0.39, 0.29) is 22.3 Å². The summed E-state index contributed by atoms with van der Waals surface area (Å²) >= 11 is 1.95. The van der Waals surface area contributed by atoms with Crippen LogP contribution in [0.3, 0.4) is 0 Å². The molecule has 0 unspecified atom stereocenters. The van der Waals surface area contributed by atoms with Crippen LogP contribution in [0, 0.1) is 11.3 Å². The average Bonchev–Trinajstić information content (AvgIpc) is 2.48. The molecule has 0 radical (unpaired) electrons.